The van der Waals surface area contributed by atoms with E-state index < -0.39 is 24.3 Å². The summed E-state index contributed by atoms with van der Waals surface area (Å²) in [5.41, 5.74) is 2.01. The highest BCUT2D eigenvalue weighted by atomic mass is 19.4. The van der Waals surface area contributed by atoms with Crippen molar-refractivity contribution in [2.75, 3.05) is 31.1 Å². The molecule has 1 saturated heterocycles. The molecule has 0 unspecified atom stereocenters. The molecule has 0 bridgehead atoms. The molecule has 0 amide bonds. The number of carboxylic acids is 2. The lowest BCUT2D eigenvalue weighted by Crippen LogP contribution is -2.43. The Morgan fingerprint density at radius 1 is 0.947 bits per heavy atom. The molecular weight excluding hydrogens is 528 g/mol. The van der Waals surface area contributed by atoms with Gasteiger partial charge >= 0.3 is 30.0 Å². The first-order chi connectivity index (χ1) is 17.5. The molecule has 0 radical (unpaired) electrons. The van der Waals surface area contributed by atoms with Crippen LogP contribution >= 0.6 is 0 Å². The van der Waals surface area contributed by atoms with Crippen LogP contribution in [0.1, 0.15) is 26.7 Å². The summed E-state index contributed by atoms with van der Waals surface area (Å²) in [7, 11) is 0. The van der Waals surface area contributed by atoms with Crippen molar-refractivity contribution in [2.45, 2.75) is 45.6 Å². The Kier molecular flexibility index (Phi) is 12.3. The lowest BCUT2D eigenvalue weighted by atomic mass is 10.1. The third kappa shape index (κ3) is 11.2. The molecule has 2 aromatic rings. The third-order valence-corrected chi connectivity index (χ3v) is 4.98. The Hall–Kier alpha value is -3.56. The Bertz CT molecular complexity index is 1050. The van der Waals surface area contributed by atoms with Gasteiger partial charge < -0.3 is 20.4 Å². The number of hydrogen-bond acceptors (Lipinski definition) is 6. The van der Waals surface area contributed by atoms with E-state index in [0.29, 0.717) is 12.5 Å². The Morgan fingerprint density at radius 2 is 1.39 bits per heavy atom. The monoisotopic (exact) mass is 557 g/mol. The van der Waals surface area contributed by atoms with Crippen molar-refractivity contribution in [1.82, 2.24) is 19.7 Å². The summed E-state index contributed by atoms with van der Waals surface area (Å²) in [6, 6.07) is 8.17. The number of aryl methyl sites for hydroxylation is 1. The maximum atomic E-state index is 12.5. The highest BCUT2D eigenvalue weighted by Crippen LogP contribution is 2.17. The van der Waals surface area contributed by atoms with Crippen molar-refractivity contribution in [3.63, 3.8) is 0 Å². The molecule has 0 spiro atoms. The van der Waals surface area contributed by atoms with E-state index >= 15 is 0 Å². The van der Waals surface area contributed by atoms with Gasteiger partial charge in [0.25, 0.3) is 0 Å². The first kappa shape index (κ1) is 32.5. The van der Waals surface area contributed by atoms with Crippen molar-refractivity contribution >= 4 is 17.6 Å². The van der Waals surface area contributed by atoms with Crippen LogP contribution in [0.4, 0.5) is 32.0 Å². The number of alkyl halides is 6. The predicted octanol–water partition coefficient (Wildman–Crippen LogP) is 3.15. The van der Waals surface area contributed by atoms with Crippen molar-refractivity contribution in [1.29, 1.82) is 0 Å². The van der Waals surface area contributed by atoms with E-state index in [1.807, 2.05) is 12.1 Å². The second-order valence-electron chi connectivity index (χ2n) is 8.40. The van der Waals surface area contributed by atoms with Crippen LogP contribution in [0.5, 0.6) is 0 Å². The van der Waals surface area contributed by atoms with Gasteiger partial charge in [-0.25, -0.2) is 23.6 Å². The second-order valence-corrected chi connectivity index (χ2v) is 8.40. The van der Waals surface area contributed by atoms with Gasteiger partial charge in [0.05, 0.1) is 5.69 Å². The third-order valence-electron chi connectivity index (χ3n) is 4.98. The summed E-state index contributed by atoms with van der Waals surface area (Å²) >= 11 is 0. The van der Waals surface area contributed by atoms with Crippen molar-refractivity contribution in [3.05, 3.63) is 41.1 Å². The summed E-state index contributed by atoms with van der Waals surface area (Å²) in [5.74, 6) is -4.86. The fourth-order valence-corrected chi connectivity index (χ4v) is 3.06. The maximum Gasteiger partial charge on any atom is 0.490 e. The van der Waals surface area contributed by atoms with E-state index in [2.05, 4.69) is 41.3 Å². The Morgan fingerprint density at radius 3 is 1.82 bits per heavy atom. The van der Waals surface area contributed by atoms with Crippen LogP contribution in [0.25, 0.3) is 5.69 Å². The molecule has 16 heteroatoms. The van der Waals surface area contributed by atoms with Crippen LogP contribution in [0.3, 0.4) is 0 Å². The number of anilines is 1. The number of benzene rings is 1. The first-order valence-electron chi connectivity index (χ1n) is 11.3. The zero-order valence-corrected chi connectivity index (χ0v) is 20.6. The smallest absolute Gasteiger partial charge is 0.475 e. The number of hydrogen-bond donors (Lipinski definition) is 3. The van der Waals surface area contributed by atoms with E-state index in [-0.39, 0.29) is 5.69 Å². The van der Waals surface area contributed by atoms with Gasteiger partial charge in [-0.1, -0.05) is 13.8 Å². The van der Waals surface area contributed by atoms with Crippen molar-refractivity contribution in [2.24, 2.45) is 5.92 Å². The topological polar surface area (TPSA) is 130 Å². The molecule has 0 aliphatic carbocycles. The van der Waals surface area contributed by atoms with Crippen LogP contribution in [0, 0.1) is 5.92 Å². The van der Waals surface area contributed by atoms with Crippen molar-refractivity contribution in [3.8, 4) is 5.69 Å². The highest BCUT2D eigenvalue weighted by Gasteiger charge is 2.38. The molecule has 3 N–H and O–H groups in total. The summed E-state index contributed by atoms with van der Waals surface area (Å²) in [6.07, 6.45) is -6.45. The SMILES string of the molecule is CC(C)CCCn1ncn(-c2ccc(N3CCNCC3)cc2)c1=O.O=C(O)C(F)(F)F.O=C(O)C(F)(F)F. The van der Waals surface area contributed by atoms with Gasteiger partial charge in [0, 0.05) is 38.4 Å². The normalized spacial score (nSPS) is 13.8. The van der Waals surface area contributed by atoms with Gasteiger partial charge in [-0.3, -0.25) is 0 Å². The van der Waals surface area contributed by atoms with Crippen LogP contribution < -0.4 is 15.9 Å². The minimum Gasteiger partial charge on any atom is -0.475 e. The van der Waals surface area contributed by atoms with Gasteiger partial charge in [0.1, 0.15) is 6.33 Å². The molecule has 2 heterocycles. The summed E-state index contributed by atoms with van der Waals surface area (Å²) in [4.78, 5) is 32.6. The molecule has 10 nitrogen and oxygen atoms in total. The number of aromatic nitrogens is 3. The van der Waals surface area contributed by atoms with Gasteiger partial charge in [0.2, 0.25) is 0 Å². The molecule has 1 aromatic heterocycles. The summed E-state index contributed by atoms with van der Waals surface area (Å²) in [6.45, 7) is 9.15. The van der Waals surface area contributed by atoms with E-state index in [9.17, 15) is 31.1 Å². The average Bonchev–Trinajstić information content (AvgIpc) is 3.19. The largest absolute Gasteiger partial charge is 0.490 e. The lowest BCUT2D eigenvalue weighted by Gasteiger charge is -2.29. The van der Waals surface area contributed by atoms with Crippen molar-refractivity contribution < 1.29 is 46.1 Å². The van der Waals surface area contributed by atoms with Crippen LogP contribution in [0.2, 0.25) is 0 Å². The molecule has 0 saturated carbocycles. The highest BCUT2D eigenvalue weighted by molar-refractivity contribution is 5.73. The average molecular weight is 557 g/mol. The number of rotatable bonds is 6. The number of nitrogens with zero attached hydrogens (tertiary/aromatic N) is 4. The van der Waals surface area contributed by atoms with Gasteiger partial charge in [0.15, 0.2) is 0 Å². The standard InChI is InChI=1S/C18H27N5O.2C2HF3O2/c1-15(2)4-3-11-23-18(24)22(14-20-23)17-7-5-16(6-8-17)21-12-9-19-10-13-21;2*3-2(4,5)1(6)7/h5-8,14-15,19H,3-4,9-13H2,1-2H3;2*(H,6,7). The predicted molar refractivity (Wildman–Crippen MR) is 124 cm³/mol. The molecule has 3 rings (SSSR count). The number of carbonyl (C=O) groups is 2. The zero-order chi connectivity index (χ0) is 29.1. The molecule has 1 fully saturated rings. The first-order valence-corrected chi connectivity index (χ1v) is 11.3. The minimum absolute atomic E-state index is 0.0614. The zero-order valence-electron chi connectivity index (χ0n) is 20.6. The molecule has 214 valence electrons. The number of carboxylic acid groups (broad SMARTS) is 2. The van der Waals surface area contributed by atoms with Gasteiger partial charge in [-0.2, -0.15) is 31.4 Å². The maximum absolute atomic E-state index is 12.5. The summed E-state index contributed by atoms with van der Waals surface area (Å²) in [5, 5.41) is 21.9. The number of halogens is 6. The van der Waals surface area contributed by atoms with E-state index in [1.54, 1.807) is 15.6 Å². The minimum atomic E-state index is -5.08. The molecular formula is C22H29F6N5O5. The van der Waals surface area contributed by atoms with Gasteiger partial charge in [-0.05, 0) is 43.0 Å². The molecule has 38 heavy (non-hydrogen) atoms. The Balaban J connectivity index is 0.000000426. The fourth-order valence-electron chi connectivity index (χ4n) is 3.06. The van der Waals surface area contributed by atoms with Crippen LogP contribution in [0.15, 0.2) is 35.4 Å². The van der Waals surface area contributed by atoms with Gasteiger partial charge in [-0.15, -0.1) is 0 Å². The van der Waals surface area contributed by atoms with Crippen LogP contribution in [-0.4, -0.2) is 75.0 Å². The van der Waals surface area contributed by atoms with E-state index in [4.69, 9.17) is 19.8 Å². The quantitative estimate of drug-likeness (QED) is 0.462. The lowest BCUT2D eigenvalue weighted by molar-refractivity contribution is -0.193. The summed E-state index contributed by atoms with van der Waals surface area (Å²) < 4.78 is 66.7. The number of nitrogens with one attached hydrogen (secondary N) is 1. The molecule has 0 atom stereocenters. The fraction of sp³-hybridized carbons (Fsp3) is 0.545. The Labute approximate surface area is 213 Å². The van der Waals surface area contributed by atoms with E-state index in [0.717, 1.165) is 44.7 Å². The van der Waals surface area contributed by atoms with E-state index in [1.165, 1.54) is 5.69 Å². The number of piperazine rings is 1. The second kappa shape index (κ2) is 14.4. The molecule has 1 aliphatic heterocycles. The van der Waals surface area contributed by atoms with Crippen LogP contribution in [-0.2, 0) is 16.1 Å². The molecule has 1 aliphatic rings. The molecule has 1 aromatic carbocycles. The number of aliphatic carboxylic acids is 2.